The number of ether oxygens (including phenoxy) is 1. The van der Waals surface area contributed by atoms with Crippen LogP contribution in [0.3, 0.4) is 0 Å². The predicted molar refractivity (Wildman–Crippen MR) is 89.9 cm³/mol. The molecule has 0 radical (unpaired) electrons. The minimum absolute atomic E-state index is 0.110. The molecule has 3 atom stereocenters. The second-order valence-electron chi connectivity index (χ2n) is 6.41. The Hall–Kier alpha value is -2.06. The molecule has 26 heavy (non-hydrogen) atoms. The van der Waals surface area contributed by atoms with Gasteiger partial charge in [0, 0.05) is 0 Å². The fourth-order valence-corrected chi connectivity index (χ4v) is 4.21. The quantitative estimate of drug-likeness (QED) is 0.808. The number of rotatable bonds is 6. The van der Waals surface area contributed by atoms with Gasteiger partial charge >= 0.3 is 6.36 Å². The van der Waals surface area contributed by atoms with Gasteiger partial charge in [-0.05, 0) is 48.1 Å². The van der Waals surface area contributed by atoms with Crippen molar-refractivity contribution in [3.8, 4) is 5.75 Å². The van der Waals surface area contributed by atoms with Crippen molar-refractivity contribution in [2.24, 2.45) is 11.8 Å². The molecule has 1 aliphatic carbocycles. The molecule has 1 aliphatic rings. The average molecular weight is 385 g/mol. The number of sulfonamides is 1. The highest BCUT2D eigenvalue weighted by molar-refractivity contribution is 7.89. The van der Waals surface area contributed by atoms with Crippen molar-refractivity contribution >= 4 is 10.0 Å². The summed E-state index contributed by atoms with van der Waals surface area (Å²) in [7, 11) is -3.88. The van der Waals surface area contributed by atoms with Crippen molar-refractivity contribution in [1.29, 1.82) is 0 Å². The van der Waals surface area contributed by atoms with Crippen molar-refractivity contribution < 1.29 is 26.3 Å². The summed E-state index contributed by atoms with van der Waals surface area (Å²) in [4.78, 5) is -0.110. The Balaban J connectivity index is 1.80. The van der Waals surface area contributed by atoms with Crippen LogP contribution in [-0.4, -0.2) is 14.8 Å². The Kier molecular flexibility index (Phi) is 4.98. The van der Waals surface area contributed by atoms with Crippen LogP contribution >= 0.6 is 0 Å². The monoisotopic (exact) mass is 385 g/mol. The first-order valence-electron chi connectivity index (χ1n) is 8.09. The van der Waals surface area contributed by atoms with Crippen LogP contribution in [0.1, 0.15) is 24.9 Å². The SMILES string of the molecule is C[C@@H]1C[C@H]1[C@@H](NS(=O)(=O)c1ccc(OC(F)(F)F)cc1)c1ccccc1. The Morgan fingerprint density at radius 3 is 2.15 bits per heavy atom. The maximum Gasteiger partial charge on any atom is 0.573 e. The molecule has 1 fully saturated rings. The van der Waals surface area contributed by atoms with E-state index in [4.69, 9.17) is 0 Å². The van der Waals surface area contributed by atoms with Crippen LogP contribution in [0.15, 0.2) is 59.5 Å². The van der Waals surface area contributed by atoms with Gasteiger partial charge in [0.05, 0.1) is 10.9 Å². The third kappa shape index (κ3) is 4.56. The Morgan fingerprint density at radius 2 is 1.65 bits per heavy atom. The smallest absolute Gasteiger partial charge is 0.406 e. The van der Waals surface area contributed by atoms with Gasteiger partial charge in [-0.1, -0.05) is 37.3 Å². The summed E-state index contributed by atoms with van der Waals surface area (Å²) < 4.78 is 68.5. The van der Waals surface area contributed by atoms with Crippen LogP contribution in [0, 0.1) is 11.8 Å². The average Bonchev–Trinajstić information content (AvgIpc) is 3.29. The molecule has 0 saturated heterocycles. The molecule has 0 spiro atoms. The van der Waals surface area contributed by atoms with E-state index in [-0.39, 0.29) is 16.9 Å². The molecule has 0 aromatic heterocycles. The molecule has 0 bridgehead atoms. The van der Waals surface area contributed by atoms with E-state index in [9.17, 15) is 21.6 Å². The number of alkyl halides is 3. The number of halogens is 3. The Bertz CT molecular complexity index is 852. The zero-order valence-electron chi connectivity index (χ0n) is 13.9. The van der Waals surface area contributed by atoms with Gasteiger partial charge < -0.3 is 4.74 Å². The van der Waals surface area contributed by atoms with Crippen LogP contribution < -0.4 is 9.46 Å². The van der Waals surface area contributed by atoms with Gasteiger partial charge in [0.2, 0.25) is 10.0 Å². The van der Waals surface area contributed by atoms with E-state index in [1.54, 1.807) is 0 Å². The highest BCUT2D eigenvalue weighted by Gasteiger charge is 2.42. The number of hydrogen-bond donors (Lipinski definition) is 1. The van der Waals surface area contributed by atoms with E-state index >= 15 is 0 Å². The predicted octanol–water partition coefficient (Wildman–Crippen LogP) is 4.26. The van der Waals surface area contributed by atoms with Crippen molar-refractivity contribution in [3.05, 3.63) is 60.2 Å². The van der Waals surface area contributed by atoms with Crippen LogP contribution in [0.4, 0.5) is 13.2 Å². The van der Waals surface area contributed by atoms with Crippen molar-refractivity contribution in [2.45, 2.75) is 30.6 Å². The first-order chi connectivity index (χ1) is 12.2. The third-order valence-electron chi connectivity index (χ3n) is 4.41. The van der Waals surface area contributed by atoms with E-state index in [1.807, 2.05) is 30.3 Å². The van der Waals surface area contributed by atoms with E-state index in [0.717, 1.165) is 36.2 Å². The molecule has 8 heteroatoms. The Morgan fingerprint density at radius 1 is 1.08 bits per heavy atom. The minimum atomic E-state index is -4.82. The summed E-state index contributed by atoms with van der Waals surface area (Å²) in [5.41, 5.74) is 0.863. The lowest BCUT2D eigenvalue weighted by atomic mass is 10.0. The number of benzene rings is 2. The van der Waals surface area contributed by atoms with Crippen molar-refractivity contribution in [1.82, 2.24) is 4.72 Å². The van der Waals surface area contributed by atoms with Gasteiger partial charge in [-0.2, -0.15) is 0 Å². The van der Waals surface area contributed by atoms with Crippen molar-refractivity contribution in [2.75, 3.05) is 0 Å². The summed E-state index contributed by atoms with van der Waals surface area (Å²) in [5.74, 6) is 0.136. The highest BCUT2D eigenvalue weighted by atomic mass is 32.2. The van der Waals surface area contributed by atoms with Crippen LogP contribution in [-0.2, 0) is 10.0 Å². The van der Waals surface area contributed by atoms with Gasteiger partial charge in [0.25, 0.3) is 0 Å². The summed E-state index contributed by atoms with van der Waals surface area (Å²) in [6, 6.07) is 13.0. The minimum Gasteiger partial charge on any atom is -0.406 e. The summed E-state index contributed by atoms with van der Waals surface area (Å²) in [6.45, 7) is 2.05. The fraction of sp³-hybridized carbons (Fsp3) is 0.333. The molecule has 0 amide bonds. The van der Waals surface area contributed by atoms with Gasteiger partial charge in [-0.25, -0.2) is 13.1 Å². The maximum absolute atomic E-state index is 12.7. The molecule has 1 saturated carbocycles. The zero-order chi connectivity index (χ0) is 18.9. The normalized spacial score (nSPS) is 21.2. The number of hydrogen-bond acceptors (Lipinski definition) is 3. The first-order valence-corrected chi connectivity index (χ1v) is 9.57. The molecule has 2 aromatic carbocycles. The van der Waals surface area contributed by atoms with E-state index in [0.29, 0.717) is 5.92 Å². The molecular weight excluding hydrogens is 367 g/mol. The molecule has 2 aromatic rings. The lowest BCUT2D eigenvalue weighted by Gasteiger charge is -2.19. The van der Waals surface area contributed by atoms with E-state index < -0.39 is 22.1 Å². The first kappa shape index (κ1) is 18.7. The highest BCUT2D eigenvalue weighted by Crippen LogP contribution is 2.47. The van der Waals surface area contributed by atoms with Crippen molar-refractivity contribution in [3.63, 3.8) is 0 Å². The third-order valence-corrected chi connectivity index (χ3v) is 5.87. The van der Waals surface area contributed by atoms with Crippen LogP contribution in [0.5, 0.6) is 5.75 Å². The second kappa shape index (κ2) is 6.92. The summed E-state index contributed by atoms with van der Waals surface area (Å²) in [5, 5.41) is 0. The maximum atomic E-state index is 12.7. The van der Waals surface area contributed by atoms with Gasteiger partial charge in [0.1, 0.15) is 5.75 Å². The Labute approximate surface area is 150 Å². The zero-order valence-corrected chi connectivity index (χ0v) is 14.7. The number of nitrogens with one attached hydrogen (secondary N) is 1. The second-order valence-corrected chi connectivity index (χ2v) is 8.12. The fourth-order valence-electron chi connectivity index (χ4n) is 2.93. The molecule has 140 valence electrons. The molecule has 1 N–H and O–H groups in total. The standard InChI is InChI=1S/C18H18F3NO3S/c1-12-11-16(12)17(13-5-3-2-4-6-13)22-26(23,24)15-9-7-14(8-10-15)25-18(19,20)21/h2-10,12,16-17,22H,11H2,1H3/t12-,16-,17+/m1/s1. The molecule has 0 aliphatic heterocycles. The molecule has 4 nitrogen and oxygen atoms in total. The lowest BCUT2D eigenvalue weighted by molar-refractivity contribution is -0.274. The molecular formula is C18H18F3NO3S. The van der Waals surface area contributed by atoms with Crippen LogP contribution in [0.2, 0.25) is 0 Å². The molecule has 0 unspecified atom stereocenters. The van der Waals surface area contributed by atoms with Crippen LogP contribution in [0.25, 0.3) is 0 Å². The topological polar surface area (TPSA) is 55.4 Å². The molecule has 0 heterocycles. The van der Waals surface area contributed by atoms with Gasteiger partial charge in [0.15, 0.2) is 0 Å². The summed E-state index contributed by atoms with van der Waals surface area (Å²) in [6.07, 6.45) is -3.90. The molecule has 3 rings (SSSR count). The lowest BCUT2D eigenvalue weighted by Crippen LogP contribution is -2.30. The summed E-state index contributed by atoms with van der Waals surface area (Å²) >= 11 is 0. The van der Waals surface area contributed by atoms with Gasteiger partial charge in [-0.3, -0.25) is 0 Å². The van der Waals surface area contributed by atoms with E-state index in [1.165, 1.54) is 0 Å². The van der Waals surface area contributed by atoms with Gasteiger partial charge in [-0.15, -0.1) is 13.2 Å². The largest absolute Gasteiger partial charge is 0.573 e. The van der Waals surface area contributed by atoms with E-state index in [2.05, 4.69) is 16.4 Å².